The molecule has 2 heteroatoms. The van der Waals surface area contributed by atoms with Gasteiger partial charge in [-0.05, 0) is 177 Å². The van der Waals surface area contributed by atoms with E-state index in [-0.39, 0.29) is 5.41 Å². The number of fused-ring (bicyclic) bond motifs is 1. The van der Waals surface area contributed by atoms with Crippen molar-refractivity contribution in [3.8, 4) is 0 Å². The molecule has 0 heterocycles. The van der Waals surface area contributed by atoms with Crippen LogP contribution in [-0.4, -0.2) is 0 Å². The molecule has 0 amide bonds. The second-order valence-corrected chi connectivity index (χ2v) is 18.7. The fraction of sp³-hybridized carbons (Fsp3) is 0.414. The van der Waals surface area contributed by atoms with E-state index in [1.807, 2.05) is 0 Å². The van der Waals surface area contributed by atoms with Crippen molar-refractivity contribution in [2.75, 3.05) is 9.80 Å². The first-order valence-electron chi connectivity index (χ1n) is 23.3. The van der Waals surface area contributed by atoms with Crippen LogP contribution in [0.15, 0.2) is 103 Å². The van der Waals surface area contributed by atoms with Gasteiger partial charge in [-0.1, -0.05) is 146 Å². The summed E-state index contributed by atoms with van der Waals surface area (Å²) in [7, 11) is 0. The molecule has 0 aliphatic heterocycles. The summed E-state index contributed by atoms with van der Waals surface area (Å²) in [4.78, 5) is 5.07. The van der Waals surface area contributed by atoms with E-state index in [9.17, 15) is 0 Å². The first-order valence-corrected chi connectivity index (χ1v) is 23.3. The summed E-state index contributed by atoms with van der Waals surface area (Å²) >= 11 is 0. The molecule has 6 rings (SSSR count). The zero-order valence-electron chi connectivity index (χ0n) is 39.4. The maximum Gasteiger partial charge on any atom is 0.0520 e. The SMILES string of the molecule is CCCCCc1cc(C)c(N(c2ccc(C(C)(C)CC)cc2)c2cc(CC(CC)CCCC)c3cc(N(c4ccc(C)cc4)c4c(C)cc(C)cc4C)ccc3c2)c(C)c1. The average Bonchev–Trinajstić information content (AvgIpc) is 3.22. The monoisotopic (exact) mass is 799 g/mol. The topological polar surface area (TPSA) is 6.48 Å². The average molecular weight is 799 g/mol. The van der Waals surface area contributed by atoms with Gasteiger partial charge in [-0.3, -0.25) is 0 Å². The summed E-state index contributed by atoms with van der Waals surface area (Å²) in [5, 5.41) is 2.64. The summed E-state index contributed by atoms with van der Waals surface area (Å²) in [6.45, 7) is 27.6. The predicted molar refractivity (Wildman–Crippen MR) is 265 cm³/mol. The highest BCUT2D eigenvalue weighted by Crippen LogP contribution is 2.45. The van der Waals surface area contributed by atoms with E-state index >= 15 is 0 Å². The van der Waals surface area contributed by atoms with Crippen LogP contribution in [0, 0.1) is 47.5 Å². The van der Waals surface area contributed by atoms with Crippen LogP contribution in [0.3, 0.4) is 0 Å². The van der Waals surface area contributed by atoms with Gasteiger partial charge in [-0.25, -0.2) is 0 Å². The summed E-state index contributed by atoms with van der Waals surface area (Å²) in [5.74, 6) is 0.622. The highest BCUT2D eigenvalue weighted by atomic mass is 15.2. The lowest BCUT2D eigenvalue weighted by Crippen LogP contribution is -2.17. The maximum atomic E-state index is 2.57. The van der Waals surface area contributed by atoms with Gasteiger partial charge in [-0.2, -0.15) is 0 Å². The molecule has 0 saturated heterocycles. The quantitative estimate of drug-likeness (QED) is 0.0799. The van der Waals surface area contributed by atoms with Gasteiger partial charge in [0.05, 0.1) is 11.4 Å². The smallest absolute Gasteiger partial charge is 0.0520 e. The van der Waals surface area contributed by atoms with Crippen LogP contribution >= 0.6 is 0 Å². The lowest BCUT2D eigenvalue weighted by atomic mass is 9.82. The summed E-state index contributed by atoms with van der Waals surface area (Å²) in [6, 6.07) is 40.4. The van der Waals surface area contributed by atoms with Gasteiger partial charge in [0.15, 0.2) is 0 Å². The molecule has 0 aliphatic rings. The number of anilines is 6. The maximum absolute atomic E-state index is 2.57. The van der Waals surface area contributed by atoms with Crippen molar-refractivity contribution in [1.29, 1.82) is 0 Å². The van der Waals surface area contributed by atoms with Crippen molar-refractivity contribution in [3.05, 3.63) is 153 Å². The number of hydrogen-bond donors (Lipinski definition) is 0. The molecule has 0 N–H and O–H groups in total. The summed E-state index contributed by atoms with van der Waals surface area (Å²) in [5.41, 5.74) is 19.6. The zero-order chi connectivity index (χ0) is 43.1. The number of rotatable bonds is 18. The molecular weight excluding hydrogens is 725 g/mol. The molecule has 0 spiro atoms. The zero-order valence-corrected chi connectivity index (χ0v) is 39.4. The van der Waals surface area contributed by atoms with E-state index in [1.54, 1.807) is 0 Å². The van der Waals surface area contributed by atoms with Crippen LogP contribution in [0.25, 0.3) is 10.8 Å². The molecule has 0 saturated carbocycles. The molecule has 60 heavy (non-hydrogen) atoms. The molecule has 6 aromatic carbocycles. The standard InChI is InChI=1S/C58H74N2/c1-13-17-19-21-47-34-44(9)57(45(10)35-47)60(52-30-25-50(26-31-52)58(11,12)16-4)54-37-48-24-29-53(39-55(48)49(38-54)36-46(15-3)20-18-14-2)59(51-27-22-40(5)23-28-51)56-42(7)32-41(6)33-43(56)8/h22-35,37-39,46H,13-21,36H2,1-12H3. The van der Waals surface area contributed by atoms with E-state index in [2.05, 4.69) is 196 Å². The van der Waals surface area contributed by atoms with Crippen molar-refractivity contribution in [1.82, 2.24) is 0 Å². The Bertz CT molecular complexity index is 2310. The molecule has 316 valence electrons. The van der Waals surface area contributed by atoms with Gasteiger partial charge < -0.3 is 9.80 Å². The third kappa shape index (κ3) is 10.0. The Morgan fingerprint density at radius 3 is 1.63 bits per heavy atom. The molecule has 0 bridgehead atoms. The van der Waals surface area contributed by atoms with Crippen LogP contribution in [0.2, 0.25) is 0 Å². The Morgan fingerprint density at radius 1 is 0.517 bits per heavy atom. The molecule has 0 radical (unpaired) electrons. The molecular formula is C58H74N2. The van der Waals surface area contributed by atoms with Gasteiger partial charge in [0.1, 0.15) is 0 Å². The van der Waals surface area contributed by atoms with Gasteiger partial charge >= 0.3 is 0 Å². The molecule has 0 fully saturated rings. The molecule has 2 nitrogen and oxygen atoms in total. The van der Waals surface area contributed by atoms with Crippen LogP contribution in [0.5, 0.6) is 0 Å². The third-order valence-electron chi connectivity index (χ3n) is 13.4. The summed E-state index contributed by atoms with van der Waals surface area (Å²) < 4.78 is 0. The van der Waals surface area contributed by atoms with E-state index in [4.69, 9.17) is 0 Å². The summed E-state index contributed by atoms with van der Waals surface area (Å²) in [6.07, 6.45) is 12.0. The van der Waals surface area contributed by atoms with Crippen molar-refractivity contribution in [2.24, 2.45) is 5.92 Å². The Kier molecular flexibility index (Phi) is 14.7. The Labute approximate surface area is 365 Å². The minimum absolute atomic E-state index is 0.124. The van der Waals surface area contributed by atoms with Gasteiger partial charge in [0.2, 0.25) is 0 Å². The number of aryl methyl sites for hydroxylation is 7. The Hall–Kier alpha value is -4.82. The van der Waals surface area contributed by atoms with Gasteiger partial charge in [-0.15, -0.1) is 0 Å². The highest BCUT2D eigenvalue weighted by molar-refractivity contribution is 5.96. The molecule has 0 aliphatic carbocycles. The van der Waals surface area contributed by atoms with E-state index in [0.29, 0.717) is 5.92 Å². The van der Waals surface area contributed by atoms with Gasteiger partial charge in [0, 0.05) is 22.7 Å². The fourth-order valence-corrected chi connectivity index (χ4v) is 9.52. The molecule has 6 aromatic rings. The van der Waals surface area contributed by atoms with Crippen LogP contribution < -0.4 is 9.80 Å². The molecule has 0 aromatic heterocycles. The second-order valence-electron chi connectivity index (χ2n) is 18.7. The van der Waals surface area contributed by atoms with Crippen molar-refractivity contribution >= 4 is 44.9 Å². The number of hydrogen-bond acceptors (Lipinski definition) is 2. The van der Waals surface area contributed by atoms with E-state index in [1.165, 1.54) is 140 Å². The Morgan fingerprint density at radius 2 is 1.07 bits per heavy atom. The first kappa shape index (κ1) is 44.7. The lowest BCUT2D eigenvalue weighted by Gasteiger charge is -2.32. The minimum Gasteiger partial charge on any atom is -0.310 e. The second kappa shape index (κ2) is 19.7. The van der Waals surface area contributed by atoms with Crippen LogP contribution in [0.4, 0.5) is 34.1 Å². The fourth-order valence-electron chi connectivity index (χ4n) is 9.52. The molecule has 1 atom stereocenters. The predicted octanol–water partition coefficient (Wildman–Crippen LogP) is 17.8. The number of unbranched alkanes of at least 4 members (excludes halogenated alkanes) is 3. The number of benzene rings is 6. The van der Waals surface area contributed by atoms with Gasteiger partial charge in [0.25, 0.3) is 0 Å². The molecule has 1 unspecified atom stereocenters. The van der Waals surface area contributed by atoms with E-state index in [0.717, 1.165) is 19.3 Å². The van der Waals surface area contributed by atoms with Crippen molar-refractivity contribution in [3.63, 3.8) is 0 Å². The van der Waals surface area contributed by atoms with Crippen LogP contribution in [-0.2, 0) is 18.3 Å². The van der Waals surface area contributed by atoms with Crippen molar-refractivity contribution in [2.45, 2.75) is 153 Å². The van der Waals surface area contributed by atoms with E-state index < -0.39 is 0 Å². The largest absolute Gasteiger partial charge is 0.310 e. The lowest BCUT2D eigenvalue weighted by molar-refractivity contribution is 0.450. The minimum atomic E-state index is 0.124. The highest BCUT2D eigenvalue weighted by Gasteiger charge is 2.24. The normalized spacial score (nSPS) is 12.3. The van der Waals surface area contributed by atoms with Crippen LogP contribution in [0.1, 0.15) is 143 Å². The number of nitrogens with zero attached hydrogens (tertiary/aromatic N) is 2. The van der Waals surface area contributed by atoms with Crippen molar-refractivity contribution < 1.29 is 0 Å². The first-order chi connectivity index (χ1) is 28.8. The third-order valence-corrected chi connectivity index (χ3v) is 13.4. The Balaban J connectivity index is 1.60.